The predicted octanol–water partition coefficient (Wildman–Crippen LogP) is 1.50. The van der Waals surface area contributed by atoms with Crippen LogP contribution in [0.15, 0.2) is 36.7 Å². The van der Waals surface area contributed by atoms with E-state index in [9.17, 15) is 14.0 Å². The van der Waals surface area contributed by atoms with Crippen LogP contribution in [0.25, 0.3) is 0 Å². The summed E-state index contributed by atoms with van der Waals surface area (Å²) >= 11 is 0. The molecule has 1 amide bonds. The van der Waals surface area contributed by atoms with Crippen LogP contribution in [0.4, 0.5) is 10.2 Å². The van der Waals surface area contributed by atoms with E-state index in [1.807, 2.05) is 0 Å². The third-order valence-electron chi connectivity index (χ3n) is 2.44. The fourth-order valence-electron chi connectivity index (χ4n) is 1.55. The molecule has 2 N–H and O–H groups in total. The Hall–Kier alpha value is -2.83. The maximum atomic E-state index is 12.7. The monoisotopic (exact) mass is 275 g/mol. The first kappa shape index (κ1) is 13.6. The van der Waals surface area contributed by atoms with Crippen molar-refractivity contribution in [2.75, 3.05) is 5.32 Å². The minimum Gasteiger partial charge on any atom is -0.476 e. The second-order valence-electron chi connectivity index (χ2n) is 3.91. The van der Waals surface area contributed by atoms with Crippen LogP contribution >= 0.6 is 0 Å². The number of carboxylic acid groups (broad SMARTS) is 1. The fourth-order valence-corrected chi connectivity index (χ4v) is 1.55. The number of carboxylic acids is 1. The average molecular weight is 275 g/mol. The summed E-state index contributed by atoms with van der Waals surface area (Å²) in [6.45, 7) is 0. The van der Waals surface area contributed by atoms with Gasteiger partial charge in [-0.25, -0.2) is 19.2 Å². The lowest BCUT2D eigenvalue weighted by molar-refractivity contribution is -0.115. The summed E-state index contributed by atoms with van der Waals surface area (Å²) in [5.74, 6) is -2.25. The molecule has 0 saturated carbocycles. The summed E-state index contributed by atoms with van der Waals surface area (Å²) in [5, 5.41) is 11.3. The van der Waals surface area contributed by atoms with E-state index in [0.717, 1.165) is 0 Å². The van der Waals surface area contributed by atoms with Crippen molar-refractivity contribution in [3.8, 4) is 0 Å². The average Bonchev–Trinajstić information content (AvgIpc) is 2.41. The van der Waals surface area contributed by atoms with E-state index in [1.165, 1.54) is 36.7 Å². The van der Waals surface area contributed by atoms with Crippen molar-refractivity contribution in [1.82, 2.24) is 9.97 Å². The molecule has 0 aliphatic rings. The number of carbonyl (C=O) groups is 2. The van der Waals surface area contributed by atoms with Gasteiger partial charge in [-0.1, -0.05) is 12.1 Å². The number of amides is 1. The van der Waals surface area contributed by atoms with E-state index in [1.54, 1.807) is 0 Å². The molecule has 0 spiro atoms. The summed E-state index contributed by atoms with van der Waals surface area (Å²) in [5.41, 5.74) is 0.268. The van der Waals surface area contributed by atoms with E-state index < -0.39 is 17.7 Å². The molecule has 102 valence electrons. The highest BCUT2D eigenvalue weighted by Gasteiger charge is 2.15. The Kier molecular flexibility index (Phi) is 3.99. The fraction of sp³-hybridized carbons (Fsp3) is 0.0769. The largest absolute Gasteiger partial charge is 0.476 e. The minimum atomic E-state index is -1.28. The first-order valence-electron chi connectivity index (χ1n) is 5.65. The smallest absolute Gasteiger partial charge is 0.358 e. The van der Waals surface area contributed by atoms with Gasteiger partial charge in [0.15, 0.2) is 11.5 Å². The molecule has 0 unspecified atom stereocenters. The Bertz CT molecular complexity index is 644. The lowest BCUT2D eigenvalue weighted by Gasteiger charge is -2.06. The highest BCUT2D eigenvalue weighted by atomic mass is 19.1. The topological polar surface area (TPSA) is 92.2 Å². The van der Waals surface area contributed by atoms with E-state index in [-0.39, 0.29) is 17.9 Å². The third-order valence-corrected chi connectivity index (χ3v) is 2.44. The quantitative estimate of drug-likeness (QED) is 0.882. The van der Waals surface area contributed by atoms with Gasteiger partial charge < -0.3 is 10.4 Å². The van der Waals surface area contributed by atoms with E-state index in [2.05, 4.69) is 15.3 Å². The number of nitrogens with one attached hydrogen (secondary N) is 1. The molecule has 0 fully saturated rings. The van der Waals surface area contributed by atoms with Crippen LogP contribution < -0.4 is 5.32 Å². The van der Waals surface area contributed by atoms with Gasteiger partial charge >= 0.3 is 5.97 Å². The Morgan fingerprint density at radius 2 is 1.80 bits per heavy atom. The van der Waals surface area contributed by atoms with Crippen molar-refractivity contribution in [1.29, 1.82) is 0 Å². The van der Waals surface area contributed by atoms with Gasteiger partial charge in [-0.15, -0.1) is 0 Å². The van der Waals surface area contributed by atoms with Crippen molar-refractivity contribution in [3.05, 3.63) is 53.7 Å². The number of aromatic carboxylic acids is 1. The predicted molar refractivity (Wildman–Crippen MR) is 67.7 cm³/mol. The zero-order valence-corrected chi connectivity index (χ0v) is 10.2. The van der Waals surface area contributed by atoms with Crippen LogP contribution in [-0.4, -0.2) is 27.0 Å². The molecule has 20 heavy (non-hydrogen) atoms. The Morgan fingerprint density at radius 3 is 2.45 bits per heavy atom. The second-order valence-corrected chi connectivity index (χ2v) is 3.91. The number of hydrogen-bond donors (Lipinski definition) is 2. The van der Waals surface area contributed by atoms with Gasteiger partial charge in [-0.05, 0) is 17.7 Å². The number of aromatic nitrogens is 2. The summed E-state index contributed by atoms with van der Waals surface area (Å²) < 4.78 is 12.7. The third kappa shape index (κ3) is 3.35. The van der Waals surface area contributed by atoms with Crippen LogP contribution in [0.1, 0.15) is 16.1 Å². The lowest BCUT2D eigenvalue weighted by Crippen LogP contribution is -2.18. The zero-order valence-electron chi connectivity index (χ0n) is 10.2. The van der Waals surface area contributed by atoms with Crippen LogP contribution in [0, 0.1) is 5.82 Å². The highest BCUT2D eigenvalue weighted by Crippen LogP contribution is 2.10. The number of hydrogen-bond acceptors (Lipinski definition) is 4. The molecule has 1 heterocycles. The van der Waals surface area contributed by atoms with Gasteiger partial charge in [-0.2, -0.15) is 0 Å². The molecule has 0 atom stereocenters. The van der Waals surface area contributed by atoms with Crippen molar-refractivity contribution in [2.24, 2.45) is 0 Å². The first-order valence-corrected chi connectivity index (χ1v) is 5.65. The molecular weight excluding hydrogens is 265 g/mol. The molecular formula is C13H10FN3O3. The molecule has 0 bridgehead atoms. The second kappa shape index (κ2) is 5.87. The minimum absolute atomic E-state index is 0.0179. The highest BCUT2D eigenvalue weighted by molar-refractivity contribution is 5.98. The molecule has 6 nitrogen and oxygen atoms in total. The summed E-state index contributed by atoms with van der Waals surface area (Å²) in [6, 6.07) is 5.44. The van der Waals surface area contributed by atoms with Crippen LogP contribution in [0.2, 0.25) is 0 Å². The number of halogens is 1. The van der Waals surface area contributed by atoms with E-state index in [0.29, 0.717) is 5.56 Å². The molecule has 0 radical (unpaired) electrons. The van der Waals surface area contributed by atoms with E-state index >= 15 is 0 Å². The summed E-state index contributed by atoms with van der Waals surface area (Å²) in [4.78, 5) is 30.1. The summed E-state index contributed by atoms with van der Waals surface area (Å²) in [7, 11) is 0. The van der Waals surface area contributed by atoms with Gasteiger partial charge in [0.2, 0.25) is 5.91 Å². The standard InChI is InChI=1S/C13H10FN3O3/c14-9-3-1-8(2-4-9)7-10(18)17-12-11(13(19)20)15-5-6-16-12/h1-6H,7H2,(H,19,20)(H,16,17,18). The van der Waals surface area contributed by atoms with Gasteiger partial charge in [0.05, 0.1) is 6.42 Å². The lowest BCUT2D eigenvalue weighted by atomic mass is 10.1. The summed E-state index contributed by atoms with van der Waals surface area (Å²) in [6.07, 6.45) is 2.48. The zero-order chi connectivity index (χ0) is 14.5. The Labute approximate surface area is 113 Å². The van der Waals surface area contributed by atoms with Crippen LogP contribution in [0.5, 0.6) is 0 Å². The first-order chi connectivity index (χ1) is 9.56. The maximum absolute atomic E-state index is 12.7. The normalized spacial score (nSPS) is 10.1. The maximum Gasteiger partial charge on any atom is 0.358 e. The van der Waals surface area contributed by atoms with E-state index in [4.69, 9.17) is 5.11 Å². The Morgan fingerprint density at radius 1 is 1.15 bits per heavy atom. The SMILES string of the molecule is O=C(Cc1ccc(F)cc1)Nc1nccnc1C(=O)O. The van der Waals surface area contributed by atoms with Gasteiger partial charge in [-0.3, -0.25) is 4.79 Å². The molecule has 1 aromatic heterocycles. The Balaban J connectivity index is 2.08. The van der Waals surface area contributed by atoms with Gasteiger partial charge in [0.25, 0.3) is 0 Å². The van der Waals surface area contributed by atoms with Crippen molar-refractivity contribution in [2.45, 2.75) is 6.42 Å². The number of rotatable bonds is 4. The van der Waals surface area contributed by atoms with Gasteiger partial charge in [0.1, 0.15) is 5.82 Å². The van der Waals surface area contributed by atoms with Crippen molar-refractivity contribution in [3.63, 3.8) is 0 Å². The number of anilines is 1. The molecule has 1 aromatic carbocycles. The molecule has 0 aliphatic carbocycles. The molecule has 2 aromatic rings. The number of carbonyl (C=O) groups excluding carboxylic acids is 1. The van der Waals surface area contributed by atoms with Crippen molar-refractivity contribution < 1.29 is 19.1 Å². The van der Waals surface area contributed by atoms with Crippen LogP contribution in [0.3, 0.4) is 0 Å². The molecule has 0 saturated heterocycles. The number of nitrogens with zero attached hydrogens (tertiary/aromatic N) is 2. The van der Waals surface area contributed by atoms with Crippen LogP contribution in [-0.2, 0) is 11.2 Å². The molecule has 0 aliphatic heterocycles. The number of benzene rings is 1. The molecule has 2 rings (SSSR count). The van der Waals surface area contributed by atoms with Gasteiger partial charge in [0, 0.05) is 12.4 Å². The van der Waals surface area contributed by atoms with Crippen molar-refractivity contribution >= 4 is 17.7 Å². The molecule has 7 heteroatoms.